The summed E-state index contributed by atoms with van der Waals surface area (Å²) in [5, 5.41) is 0. The number of carbonyl (C=O) groups excluding carboxylic acids is 2. The molecule has 0 unspecified atom stereocenters. The highest BCUT2D eigenvalue weighted by molar-refractivity contribution is 6.06. The van der Waals surface area contributed by atoms with E-state index in [0.29, 0.717) is 18.4 Å². The summed E-state index contributed by atoms with van der Waals surface area (Å²) >= 11 is 0. The van der Waals surface area contributed by atoms with Gasteiger partial charge in [-0.3, -0.25) is 24.4 Å². The predicted molar refractivity (Wildman–Crippen MR) is 116 cm³/mol. The van der Waals surface area contributed by atoms with Crippen LogP contribution in [0.3, 0.4) is 0 Å². The second kappa shape index (κ2) is 7.55. The molecule has 7 rings (SSSR count). The summed E-state index contributed by atoms with van der Waals surface area (Å²) in [6.45, 7) is 5.51. The molecule has 4 aliphatic carbocycles. The summed E-state index contributed by atoms with van der Waals surface area (Å²) in [5.41, 5.74) is 0. The molecule has 3 fully saturated rings. The van der Waals surface area contributed by atoms with E-state index >= 15 is 0 Å². The van der Waals surface area contributed by atoms with Gasteiger partial charge in [-0.25, -0.2) is 4.98 Å². The number of anilines is 1. The quantitative estimate of drug-likeness (QED) is 0.396. The molecule has 0 aromatic carbocycles. The molecule has 2 amide bonds. The van der Waals surface area contributed by atoms with Gasteiger partial charge in [0.25, 0.3) is 0 Å². The average Bonchev–Trinajstić information content (AvgIpc) is 3.04. The number of amides is 2. The molecule has 0 radical (unpaired) electrons. The van der Waals surface area contributed by atoms with E-state index in [1.807, 2.05) is 6.20 Å². The number of carbonyl (C=O) groups is 2. The van der Waals surface area contributed by atoms with Gasteiger partial charge in [-0.15, -0.1) is 0 Å². The molecule has 1 aromatic rings. The van der Waals surface area contributed by atoms with Gasteiger partial charge < -0.3 is 4.90 Å². The van der Waals surface area contributed by atoms with Gasteiger partial charge in [0.05, 0.1) is 18.0 Å². The first-order valence-corrected chi connectivity index (χ1v) is 11.7. The third kappa shape index (κ3) is 3.04. The largest absolute Gasteiger partial charge is 0.353 e. The first kappa shape index (κ1) is 19.2. The molecule has 7 heteroatoms. The minimum absolute atomic E-state index is 0.0886. The topological polar surface area (TPSA) is 69.6 Å². The molecule has 0 spiro atoms. The third-order valence-corrected chi connectivity index (χ3v) is 8.11. The normalized spacial score (nSPS) is 36.0. The van der Waals surface area contributed by atoms with Crippen LogP contribution in [0.4, 0.5) is 5.82 Å². The molecule has 3 heterocycles. The van der Waals surface area contributed by atoms with Crippen molar-refractivity contribution in [1.29, 1.82) is 0 Å². The number of likely N-dealkylation sites (tertiary alicyclic amines) is 1. The van der Waals surface area contributed by atoms with Gasteiger partial charge in [0, 0.05) is 45.1 Å². The number of rotatable bonds is 6. The Balaban J connectivity index is 0.985. The van der Waals surface area contributed by atoms with Gasteiger partial charge in [0.15, 0.2) is 0 Å². The van der Waals surface area contributed by atoms with E-state index in [2.05, 4.69) is 44.1 Å². The molecule has 2 aliphatic heterocycles. The second-order valence-corrected chi connectivity index (χ2v) is 9.56. The van der Waals surface area contributed by atoms with E-state index in [9.17, 15) is 9.59 Å². The van der Waals surface area contributed by atoms with Gasteiger partial charge in [0.2, 0.25) is 11.8 Å². The van der Waals surface area contributed by atoms with Gasteiger partial charge in [-0.05, 0) is 43.1 Å². The Hall–Kier alpha value is -2.54. The average molecular weight is 420 g/mol. The number of piperazine rings is 1. The molecule has 0 N–H and O–H groups in total. The summed E-state index contributed by atoms with van der Waals surface area (Å²) in [7, 11) is 0. The van der Waals surface area contributed by atoms with E-state index < -0.39 is 0 Å². The third-order valence-electron chi connectivity index (χ3n) is 8.11. The second-order valence-electron chi connectivity index (χ2n) is 9.56. The van der Waals surface area contributed by atoms with Crippen LogP contribution >= 0.6 is 0 Å². The number of allylic oxidation sites excluding steroid dienone is 4. The Morgan fingerprint density at radius 1 is 0.774 bits per heavy atom. The summed E-state index contributed by atoms with van der Waals surface area (Å²) in [4.78, 5) is 41.1. The number of imide groups is 1. The highest BCUT2D eigenvalue weighted by Crippen LogP contribution is 2.58. The van der Waals surface area contributed by atoms with E-state index in [0.717, 1.165) is 51.4 Å². The Kier molecular flexibility index (Phi) is 4.67. The maximum absolute atomic E-state index is 13.1. The maximum atomic E-state index is 13.1. The van der Waals surface area contributed by atoms with Crippen LogP contribution in [0, 0.1) is 35.5 Å². The Morgan fingerprint density at radius 2 is 1.39 bits per heavy atom. The summed E-state index contributed by atoms with van der Waals surface area (Å²) in [6.07, 6.45) is 16.1. The molecule has 1 saturated carbocycles. The molecular formula is C24H29N5O2. The van der Waals surface area contributed by atoms with Crippen molar-refractivity contribution in [1.82, 2.24) is 19.8 Å². The van der Waals surface area contributed by atoms with Gasteiger partial charge in [-0.2, -0.15) is 0 Å². The monoisotopic (exact) mass is 419 g/mol. The standard InChI is InChI=1S/C24H29N5O2/c30-23-21-18-5-6-19(17-4-3-16(17)18)22(21)24(31)29(23)10-2-1-9-27-11-13-28(14-12-27)20-15-25-7-8-26-20/h3-8,15-19,21-22H,1-2,9-14H2/t16-,17+,18-,19+,21+,22-. The van der Waals surface area contributed by atoms with Crippen molar-refractivity contribution in [3.8, 4) is 0 Å². The van der Waals surface area contributed by atoms with Crippen molar-refractivity contribution in [3.63, 3.8) is 0 Å². The van der Waals surface area contributed by atoms with Crippen LogP contribution in [0.15, 0.2) is 42.9 Å². The summed E-state index contributed by atoms with van der Waals surface area (Å²) in [6, 6.07) is 0. The van der Waals surface area contributed by atoms with Crippen LogP contribution in [-0.4, -0.2) is 70.9 Å². The molecule has 2 bridgehead atoms. The van der Waals surface area contributed by atoms with Crippen molar-refractivity contribution < 1.29 is 9.59 Å². The van der Waals surface area contributed by atoms with E-state index in [1.54, 1.807) is 17.3 Å². The highest BCUT2D eigenvalue weighted by Gasteiger charge is 2.62. The first-order valence-electron chi connectivity index (χ1n) is 11.7. The molecule has 31 heavy (non-hydrogen) atoms. The number of aromatic nitrogens is 2. The van der Waals surface area contributed by atoms with Gasteiger partial charge in [0.1, 0.15) is 5.82 Å². The number of nitrogens with zero attached hydrogens (tertiary/aromatic N) is 5. The fourth-order valence-corrected chi connectivity index (χ4v) is 6.43. The Bertz CT molecular complexity index is 883. The van der Waals surface area contributed by atoms with Crippen LogP contribution in [0.2, 0.25) is 0 Å². The summed E-state index contributed by atoms with van der Waals surface area (Å²) in [5.74, 6) is 2.33. The molecule has 162 valence electrons. The number of hydrogen-bond acceptors (Lipinski definition) is 6. The number of unbranched alkanes of at least 4 members (excludes halogenated alkanes) is 1. The molecule has 6 atom stereocenters. The van der Waals surface area contributed by atoms with Crippen LogP contribution in [0.5, 0.6) is 0 Å². The number of hydrogen-bond donors (Lipinski definition) is 0. The predicted octanol–water partition coefficient (Wildman–Crippen LogP) is 1.60. The molecule has 6 aliphatic rings. The molecule has 2 saturated heterocycles. The minimum Gasteiger partial charge on any atom is -0.353 e. The minimum atomic E-state index is -0.108. The maximum Gasteiger partial charge on any atom is 0.233 e. The van der Waals surface area contributed by atoms with E-state index in [4.69, 9.17) is 0 Å². The van der Waals surface area contributed by atoms with Crippen LogP contribution in [0.25, 0.3) is 0 Å². The van der Waals surface area contributed by atoms with Crippen molar-refractivity contribution >= 4 is 17.6 Å². The Labute approximate surface area is 182 Å². The van der Waals surface area contributed by atoms with Crippen molar-refractivity contribution in [2.75, 3.05) is 44.2 Å². The Morgan fingerprint density at radius 3 is 1.97 bits per heavy atom. The zero-order valence-corrected chi connectivity index (χ0v) is 17.7. The highest BCUT2D eigenvalue weighted by atomic mass is 16.2. The lowest BCUT2D eigenvalue weighted by Gasteiger charge is -2.51. The summed E-state index contributed by atoms with van der Waals surface area (Å²) < 4.78 is 0. The zero-order chi connectivity index (χ0) is 20.9. The van der Waals surface area contributed by atoms with Gasteiger partial charge >= 0.3 is 0 Å². The van der Waals surface area contributed by atoms with E-state index in [1.165, 1.54) is 0 Å². The fraction of sp³-hybridized carbons (Fsp3) is 0.583. The van der Waals surface area contributed by atoms with Crippen LogP contribution in [0.1, 0.15) is 12.8 Å². The van der Waals surface area contributed by atoms with Crippen LogP contribution < -0.4 is 4.90 Å². The van der Waals surface area contributed by atoms with Gasteiger partial charge in [-0.1, -0.05) is 24.3 Å². The van der Waals surface area contributed by atoms with Crippen molar-refractivity contribution in [2.45, 2.75) is 12.8 Å². The SMILES string of the molecule is O=C1[C@@H]2[C@H]3C=C[C@H]([C@@H]4C=C[C@@H]43)[C@@H]2C(=O)N1CCCCN1CCN(c2cnccn2)CC1. The molecular weight excluding hydrogens is 390 g/mol. The fourth-order valence-electron chi connectivity index (χ4n) is 6.43. The molecule has 7 nitrogen and oxygen atoms in total. The van der Waals surface area contributed by atoms with Crippen LogP contribution in [-0.2, 0) is 9.59 Å². The van der Waals surface area contributed by atoms with Crippen molar-refractivity contribution in [3.05, 3.63) is 42.9 Å². The lowest BCUT2D eigenvalue weighted by atomic mass is 9.50. The van der Waals surface area contributed by atoms with Crippen molar-refractivity contribution in [2.24, 2.45) is 35.5 Å². The zero-order valence-electron chi connectivity index (χ0n) is 17.7. The lowest BCUT2D eigenvalue weighted by Crippen LogP contribution is -2.50. The molecule has 1 aromatic heterocycles. The first-order chi connectivity index (χ1) is 15.2. The van der Waals surface area contributed by atoms with E-state index in [-0.39, 0.29) is 35.5 Å². The smallest absolute Gasteiger partial charge is 0.233 e. The lowest BCUT2D eigenvalue weighted by molar-refractivity contribution is -0.140.